The molecule has 1 radical (unpaired) electrons. The maximum Gasteiger partial charge on any atom is 0.197 e. The largest absolute Gasteiger partial charge is 0.456 e. The van der Waals surface area contributed by atoms with Gasteiger partial charge < -0.3 is 14.3 Å². The fourth-order valence-corrected chi connectivity index (χ4v) is 12.6. The zero-order valence-corrected chi connectivity index (χ0v) is 44.1. The van der Waals surface area contributed by atoms with Crippen molar-refractivity contribution in [1.29, 1.82) is 0 Å². The minimum Gasteiger partial charge on any atom is -0.456 e. The van der Waals surface area contributed by atoms with Gasteiger partial charge in [0.05, 0.1) is 5.52 Å². The Balaban J connectivity index is 1.19. The average Bonchev–Trinajstić information content (AvgIpc) is 3.92. The molecule has 11 aromatic rings. The van der Waals surface area contributed by atoms with Gasteiger partial charge in [0.15, 0.2) is 7.28 Å². The molecule has 73 heavy (non-hydrogen) atoms. The van der Waals surface area contributed by atoms with E-state index >= 15 is 0 Å². The minimum atomic E-state index is -0.0767. The van der Waals surface area contributed by atoms with Crippen molar-refractivity contribution in [3.05, 3.63) is 209 Å². The van der Waals surface area contributed by atoms with Gasteiger partial charge in [-0.15, -0.1) is 0 Å². The summed E-state index contributed by atoms with van der Waals surface area (Å²) in [5, 5.41) is 11.4. The Morgan fingerprint density at radius 1 is 0.548 bits per heavy atom. The molecule has 0 bridgehead atoms. The monoisotopic (exact) mass is 948 g/mol. The first-order valence-electron chi connectivity index (χ1n) is 26.5. The van der Waals surface area contributed by atoms with Crippen molar-refractivity contribution in [3.8, 4) is 16.8 Å². The van der Waals surface area contributed by atoms with E-state index in [1.54, 1.807) is 0 Å². The number of hydrogen-bond acceptors (Lipinski definition) is 2. The number of benzene rings is 9. The van der Waals surface area contributed by atoms with Crippen LogP contribution in [0.3, 0.4) is 0 Å². The third kappa shape index (κ3) is 7.30. The molecule has 1 aliphatic carbocycles. The Morgan fingerprint density at radius 2 is 1.15 bits per heavy atom. The molecule has 0 saturated carbocycles. The smallest absolute Gasteiger partial charge is 0.197 e. The minimum absolute atomic E-state index is 0.0328. The highest BCUT2D eigenvalue weighted by molar-refractivity contribution is 6.73. The van der Waals surface area contributed by atoms with E-state index < -0.39 is 0 Å². The predicted octanol–water partition coefficient (Wildman–Crippen LogP) is 17.3. The van der Waals surface area contributed by atoms with Crippen molar-refractivity contribution in [2.75, 3.05) is 5.32 Å². The molecule has 359 valence electrons. The molecular formula is C69H64BN2O. The predicted molar refractivity (Wildman–Crippen MR) is 312 cm³/mol. The Kier molecular flexibility index (Phi) is 10.0. The highest BCUT2D eigenvalue weighted by Crippen LogP contribution is 2.51. The van der Waals surface area contributed by atoms with E-state index in [0.717, 1.165) is 51.9 Å². The van der Waals surface area contributed by atoms with Crippen molar-refractivity contribution in [2.45, 2.75) is 110 Å². The van der Waals surface area contributed by atoms with Gasteiger partial charge >= 0.3 is 0 Å². The number of furan rings is 1. The van der Waals surface area contributed by atoms with Crippen molar-refractivity contribution < 1.29 is 4.42 Å². The molecule has 1 N–H and O–H groups in total. The number of rotatable bonds is 6. The van der Waals surface area contributed by atoms with Gasteiger partial charge in [-0.3, -0.25) is 0 Å². The highest BCUT2D eigenvalue weighted by Gasteiger charge is 2.38. The van der Waals surface area contributed by atoms with Gasteiger partial charge in [0.1, 0.15) is 11.2 Å². The van der Waals surface area contributed by atoms with E-state index in [4.69, 9.17) is 4.42 Å². The molecule has 0 saturated heterocycles. The second kappa shape index (κ2) is 16.1. The van der Waals surface area contributed by atoms with Gasteiger partial charge in [-0.05, 0) is 150 Å². The Labute approximate surface area is 431 Å². The summed E-state index contributed by atoms with van der Waals surface area (Å²) in [7, 11) is 2.50. The molecule has 0 amide bonds. The quantitative estimate of drug-likeness (QED) is 0.133. The van der Waals surface area contributed by atoms with Crippen LogP contribution in [0.5, 0.6) is 0 Å². The van der Waals surface area contributed by atoms with Crippen LogP contribution >= 0.6 is 0 Å². The zero-order valence-electron chi connectivity index (χ0n) is 44.1. The summed E-state index contributed by atoms with van der Waals surface area (Å²) in [6.45, 7) is 23.4. The van der Waals surface area contributed by atoms with E-state index in [9.17, 15) is 0 Å². The van der Waals surface area contributed by atoms with Gasteiger partial charge in [0.25, 0.3) is 0 Å². The van der Waals surface area contributed by atoms with Crippen LogP contribution in [0.15, 0.2) is 174 Å². The van der Waals surface area contributed by atoms with Gasteiger partial charge in [0, 0.05) is 55.6 Å². The first-order chi connectivity index (χ1) is 34.9. The van der Waals surface area contributed by atoms with E-state index in [-0.39, 0.29) is 27.6 Å². The van der Waals surface area contributed by atoms with Gasteiger partial charge in [0.2, 0.25) is 0 Å². The first-order valence-corrected chi connectivity index (χ1v) is 26.5. The summed E-state index contributed by atoms with van der Waals surface area (Å²) in [5.74, 6) is -0.0767. The Bertz CT molecular complexity index is 3990. The fraction of sp³-hybridized carbons (Fsp3) is 0.246. The SMILES string of the molecule is CC(C)(C)c1ccc(Nc2cc3c(cc2-c2cc(C(c4ccccc4)c4ccccc4)c4c5c6ccccc6ccc5n5c4c2[B]c2cc(C(C)(C)C)ccc2-5)oc2cc4c(cc23)C(C)(C)CCC4(C)C)cc1. The molecular weight excluding hydrogens is 884 g/mol. The molecule has 4 heteroatoms. The van der Waals surface area contributed by atoms with E-state index in [2.05, 4.69) is 256 Å². The molecule has 2 aliphatic rings. The van der Waals surface area contributed by atoms with Crippen molar-refractivity contribution in [3.63, 3.8) is 0 Å². The second-order valence-corrected chi connectivity index (χ2v) is 24.7. The number of fused-ring (bicyclic) bond motifs is 11. The third-order valence-corrected chi connectivity index (χ3v) is 16.9. The number of nitrogens with zero attached hydrogens (tertiary/aromatic N) is 1. The molecule has 1 aliphatic heterocycles. The fourth-order valence-electron chi connectivity index (χ4n) is 12.6. The zero-order chi connectivity index (χ0) is 50.3. The normalized spacial score (nSPS) is 15.1. The number of anilines is 2. The molecule has 3 heterocycles. The summed E-state index contributed by atoms with van der Waals surface area (Å²) >= 11 is 0. The van der Waals surface area contributed by atoms with Crippen LogP contribution in [-0.4, -0.2) is 11.8 Å². The summed E-state index contributed by atoms with van der Waals surface area (Å²) < 4.78 is 9.78. The van der Waals surface area contributed by atoms with E-state index in [1.165, 1.54) is 93.5 Å². The lowest BCUT2D eigenvalue weighted by molar-refractivity contribution is 0.332. The molecule has 0 unspecified atom stereocenters. The molecule has 0 atom stereocenters. The van der Waals surface area contributed by atoms with Crippen LogP contribution in [0.1, 0.15) is 127 Å². The van der Waals surface area contributed by atoms with Crippen molar-refractivity contribution >= 4 is 84.1 Å². The lowest BCUT2D eigenvalue weighted by Crippen LogP contribution is -2.38. The standard InChI is InChI=1S/C69H64BN2O/c1-66(2,3)44-26-29-46(30-27-44)71-56-38-50-49-37-53-54(69(9,10)34-33-68(53,7)8)40-60(49)73-59(50)39-48(56)51-36-52(61(42-20-13-11-14-21-42)43-22-15-12-16-23-43)63-62-47-24-18-17-19-41(47)25-31-58(62)72-57-32-28-45(67(4,5)6)35-55(57)70-64(51)65(63)72/h11-32,35-40,61,71H,33-34H2,1-10H3. The number of nitrogens with one attached hydrogen (secondary N) is 1. The Hall–Kier alpha value is -7.30. The lowest BCUT2D eigenvalue weighted by atomic mass is 9.58. The highest BCUT2D eigenvalue weighted by atomic mass is 16.3. The van der Waals surface area contributed by atoms with Crippen LogP contribution in [0, 0.1) is 0 Å². The maximum atomic E-state index is 7.18. The topological polar surface area (TPSA) is 30.1 Å². The van der Waals surface area contributed by atoms with Gasteiger partial charge in [-0.2, -0.15) is 0 Å². The van der Waals surface area contributed by atoms with E-state index in [0.29, 0.717) is 0 Å². The molecule has 3 nitrogen and oxygen atoms in total. The van der Waals surface area contributed by atoms with Crippen molar-refractivity contribution in [2.24, 2.45) is 0 Å². The summed E-state index contributed by atoms with van der Waals surface area (Å²) in [6, 6.07) is 64.3. The average molecular weight is 948 g/mol. The number of hydrogen-bond donors (Lipinski definition) is 1. The molecule has 9 aromatic carbocycles. The maximum absolute atomic E-state index is 7.18. The van der Waals surface area contributed by atoms with Crippen LogP contribution in [0.2, 0.25) is 0 Å². The molecule has 2 aromatic heterocycles. The third-order valence-electron chi connectivity index (χ3n) is 16.9. The van der Waals surface area contributed by atoms with Crippen molar-refractivity contribution in [1.82, 2.24) is 4.57 Å². The van der Waals surface area contributed by atoms with Crippen LogP contribution in [0.25, 0.3) is 71.3 Å². The molecule has 0 spiro atoms. The van der Waals surface area contributed by atoms with Gasteiger partial charge in [-0.1, -0.05) is 190 Å². The Morgan fingerprint density at radius 3 is 1.82 bits per heavy atom. The second-order valence-electron chi connectivity index (χ2n) is 24.7. The van der Waals surface area contributed by atoms with Gasteiger partial charge in [-0.25, -0.2) is 0 Å². The molecule has 13 rings (SSSR count). The van der Waals surface area contributed by atoms with Crippen LogP contribution in [0.4, 0.5) is 11.4 Å². The van der Waals surface area contributed by atoms with Crippen LogP contribution in [-0.2, 0) is 21.7 Å². The summed E-state index contributed by atoms with van der Waals surface area (Å²) in [5.41, 5.74) is 21.6. The van der Waals surface area contributed by atoms with Crippen LogP contribution < -0.4 is 16.2 Å². The molecule has 0 fully saturated rings. The number of aromatic nitrogens is 1. The van der Waals surface area contributed by atoms with E-state index in [1.807, 2.05) is 0 Å². The lowest BCUT2D eigenvalue weighted by Gasteiger charge is -2.41. The summed E-state index contributed by atoms with van der Waals surface area (Å²) in [6.07, 6.45) is 2.30. The first kappa shape index (κ1) is 45.6. The summed E-state index contributed by atoms with van der Waals surface area (Å²) in [4.78, 5) is 0.